The predicted octanol–water partition coefficient (Wildman–Crippen LogP) is 2.70. The van der Waals surface area contributed by atoms with Gasteiger partial charge in [-0.1, -0.05) is 30.0 Å². The van der Waals surface area contributed by atoms with Crippen molar-refractivity contribution in [3.8, 4) is 11.8 Å². The van der Waals surface area contributed by atoms with Gasteiger partial charge >= 0.3 is 0 Å². The Morgan fingerprint density at radius 2 is 2.05 bits per heavy atom. The summed E-state index contributed by atoms with van der Waals surface area (Å²) in [5, 5.41) is 2.56. The molecule has 0 aliphatic carbocycles. The first-order valence-corrected chi connectivity index (χ1v) is 6.47. The fourth-order valence-corrected chi connectivity index (χ4v) is 1.85. The summed E-state index contributed by atoms with van der Waals surface area (Å²) >= 11 is 0. The second kappa shape index (κ2) is 6.69. The molecule has 0 saturated carbocycles. The number of carbonyl (C=O) groups excluding carboxylic acids is 1. The molecular formula is C17H15FN2O. The number of hydrogen-bond acceptors (Lipinski definition) is 2. The minimum Gasteiger partial charge on any atom is -0.320 e. The molecule has 1 amide bonds. The fraction of sp³-hybridized carbons (Fsp3) is 0.118. The maximum Gasteiger partial charge on any atom is 0.257 e. The van der Waals surface area contributed by atoms with E-state index < -0.39 is 11.7 Å². The molecule has 0 aliphatic heterocycles. The minimum absolute atomic E-state index is 0.146. The maximum absolute atomic E-state index is 13.8. The lowest BCUT2D eigenvalue weighted by molar-refractivity contribution is 0.102. The number of nitrogens with one attached hydrogen (secondary N) is 1. The number of nitrogens with two attached hydrogens (primary N) is 1. The largest absolute Gasteiger partial charge is 0.320 e. The Hall–Kier alpha value is -2.64. The first-order chi connectivity index (χ1) is 10.1. The smallest absolute Gasteiger partial charge is 0.257 e. The van der Waals surface area contributed by atoms with Gasteiger partial charge < -0.3 is 11.1 Å². The molecular weight excluding hydrogens is 267 g/mol. The zero-order valence-electron chi connectivity index (χ0n) is 11.6. The molecule has 0 aliphatic rings. The molecule has 0 radical (unpaired) electrons. The molecule has 2 rings (SSSR count). The second-order valence-corrected chi connectivity index (χ2v) is 4.49. The Bertz CT molecular complexity index is 729. The third kappa shape index (κ3) is 3.68. The van der Waals surface area contributed by atoms with E-state index in [1.54, 1.807) is 37.3 Å². The first kappa shape index (κ1) is 14.8. The first-order valence-electron chi connectivity index (χ1n) is 6.47. The zero-order valence-corrected chi connectivity index (χ0v) is 11.6. The highest BCUT2D eigenvalue weighted by Gasteiger charge is 2.12. The Morgan fingerprint density at radius 3 is 2.76 bits per heavy atom. The summed E-state index contributed by atoms with van der Waals surface area (Å²) in [4.78, 5) is 12.3. The highest BCUT2D eigenvalue weighted by molar-refractivity contribution is 6.06. The second-order valence-electron chi connectivity index (χ2n) is 4.49. The topological polar surface area (TPSA) is 55.1 Å². The zero-order chi connectivity index (χ0) is 15.2. The molecule has 21 heavy (non-hydrogen) atoms. The molecule has 2 aromatic rings. The van der Waals surface area contributed by atoms with Gasteiger partial charge in [0.05, 0.1) is 17.8 Å². The quantitative estimate of drug-likeness (QED) is 0.832. The van der Waals surface area contributed by atoms with Crippen LogP contribution in [-0.2, 0) is 0 Å². The van der Waals surface area contributed by atoms with Crippen molar-refractivity contribution in [1.29, 1.82) is 0 Å². The molecule has 0 spiro atoms. The van der Waals surface area contributed by atoms with Crippen LogP contribution in [0.4, 0.5) is 10.1 Å². The van der Waals surface area contributed by atoms with E-state index in [9.17, 15) is 9.18 Å². The van der Waals surface area contributed by atoms with Crippen LogP contribution in [-0.4, -0.2) is 12.5 Å². The summed E-state index contributed by atoms with van der Waals surface area (Å²) in [5.74, 6) is 4.67. The summed E-state index contributed by atoms with van der Waals surface area (Å²) in [5.41, 5.74) is 7.22. The van der Waals surface area contributed by atoms with E-state index in [4.69, 9.17) is 5.73 Å². The van der Waals surface area contributed by atoms with Gasteiger partial charge in [0.1, 0.15) is 5.82 Å². The third-order valence-electron chi connectivity index (χ3n) is 2.87. The Balaban J connectivity index is 2.28. The van der Waals surface area contributed by atoms with Crippen molar-refractivity contribution in [3.63, 3.8) is 0 Å². The molecule has 2 aromatic carbocycles. The van der Waals surface area contributed by atoms with Crippen LogP contribution in [0.3, 0.4) is 0 Å². The van der Waals surface area contributed by atoms with Crippen LogP contribution in [0.2, 0.25) is 0 Å². The van der Waals surface area contributed by atoms with Crippen LogP contribution in [0, 0.1) is 24.6 Å². The normalized spacial score (nSPS) is 9.67. The SMILES string of the molecule is Cc1ccc(NC(=O)c2ccccc2C#CCN)c(F)c1. The van der Waals surface area contributed by atoms with Crippen molar-refractivity contribution in [2.75, 3.05) is 11.9 Å². The summed E-state index contributed by atoms with van der Waals surface area (Å²) in [7, 11) is 0. The fourth-order valence-electron chi connectivity index (χ4n) is 1.85. The number of benzene rings is 2. The van der Waals surface area contributed by atoms with E-state index >= 15 is 0 Å². The summed E-state index contributed by atoms with van der Waals surface area (Å²) in [6, 6.07) is 11.5. The molecule has 0 heterocycles. The average Bonchev–Trinajstić information content (AvgIpc) is 2.48. The summed E-state index contributed by atoms with van der Waals surface area (Å²) in [6.07, 6.45) is 0. The molecule has 0 bridgehead atoms. The van der Waals surface area contributed by atoms with Gasteiger partial charge in [-0.05, 0) is 36.8 Å². The summed E-state index contributed by atoms with van der Waals surface area (Å²) in [6.45, 7) is 1.99. The minimum atomic E-state index is -0.464. The van der Waals surface area contributed by atoms with Gasteiger partial charge in [-0.15, -0.1) is 0 Å². The van der Waals surface area contributed by atoms with Gasteiger partial charge in [0.15, 0.2) is 0 Å². The molecule has 0 fully saturated rings. The van der Waals surface area contributed by atoms with E-state index in [2.05, 4.69) is 17.2 Å². The Kier molecular flexibility index (Phi) is 4.70. The third-order valence-corrected chi connectivity index (χ3v) is 2.87. The molecule has 0 unspecified atom stereocenters. The van der Waals surface area contributed by atoms with Gasteiger partial charge in [0.2, 0.25) is 0 Å². The Morgan fingerprint density at radius 1 is 1.29 bits per heavy atom. The maximum atomic E-state index is 13.8. The van der Waals surface area contributed by atoms with Crippen molar-refractivity contribution in [3.05, 3.63) is 65.0 Å². The van der Waals surface area contributed by atoms with Crippen molar-refractivity contribution < 1.29 is 9.18 Å². The highest BCUT2D eigenvalue weighted by Crippen LogP contribution is 2.17. The van der Waals surface area contributed by atoms with Gasteiger partial charge in [0, 0.05) is 5.56 Å². The monoisotopic (exact) mass is 282 g/mol. The van der Waals surface area contributed by atoms with Crippen LogP contribution < -0.4 is 11.1 Å². The molecule has 106 valence electrons. The van der Waals surface area contributed by atoms with Gasteiger partial charge in [-0.2, -0.15) is 0 Å². The van der Waals surface area contributed by atoms with Crippen molar-refractivity contribution in [2.45, 2.75) is 6.92 Å². The van der Waals surface area contributed by atoms with E-state index in [1.807, 2.05) is 0 Å². The molecule has 0 atom stereocenters. The molecule has 3 N–H and O–H groups in total. The van der Waals surface area contributed by atoms with E-state index in [1.165, 1.54) is 12.1 Å². The summed E-state index contributed by atoms with van der Waals surface area (Å²) < 4.78 is 13.8. The lowest BCUT2D eigenvalue weighted by Crippen LogP contribution is -2.14. The van der Waals surface area contributed by atoms with Crippen LogP contribution in [0.15, 0.2) is 42.5 Å². The molecule has 3 nitrogen and oxygen atoms in total. The lowest BCUT2D eigenvalue weighted by Gasteiger charge is -2.08. The van der Waals surface area contributed by atoms with E-state index in [0.717, 1.165) is 5.56 Å². The number of halogens is 1. The lowest BCUT2D eigenvalue weighted by atomic mass is 10.1. The number of aryl methyl sites for hydroxylation is 1. The molecule has 0 aromatic heterocycles. The number of amides is 1. The van der Waals surface area contributed by atoms with Crippen LogP contribution >= 0.6 is 0 Å². The number of hydrogen-bond donors (Lipinski definition) is 2. The Labute approximate surface area is 123 Å². The van der Waals surface area contributed by atoms with E-state index in [-0.39, 0.29) is 12.2 Å². The van der Waals surface area contributed by atoms with Crippen molar-refractivity contribution >= 4 is 11.6 Å². The standard InChI is InChI=1S/C17H15FN2O/c1-12-8-9-16(15(18)11-12)20-17(21)14-7-3-2-5-13(14)6-4-10-19/h2-3,5,7-9,11H,10,19H2,1H3,(H,20,21). The average molecular weight is 282 g/mol. The number of anilines is 1. The molecule has 0 saturated heterocycles. The molecule has 4 heteroatoms. The van der Waals surface area contributed by atoms with Crippen LogP contribution in [0.25, 0.3) is 0 Å². The highest BCUT2D eigenvalue weighted by atomic mass is 19.1. The van der Waals surface area contributed by atoms with E-state index in [0.29, 0.717) is 11.1 Å². The van der Waals surface area contributed by atoms with Gasteiger partial charge in [-0.25, -0.2) is 4.39 Å². The van der Waals surface area contributed by atoms with Crippen LogP contribution in [0.5, 0.6) is 0 Å². The van der Waals surface area contributed by atoms with Crippen LogP contribution in [0.1, 0.15) is 21.5 Å². The van der Waals surface area contributed by atoms with Gasteiger partial charge in [-0.3, -0.25) is 4.79 Å². The number of carbonyl (C=O) groups is 1. The van der Waals surface area contributed by atoms with Gasteiger partial charge in [0.25, 0.3) is 5.91 Å². The number of rotatable bonds is 2. The predicted molar refractivity (Wildman–Crippen MR) is 81.5 cm³/mol. The van der Waals surface area contributed by atoms with Crippen molar-refractivity contribution in [1.82, 2.24) is 0 Å². The van der Waals surface area contributed by atoms with Crippen molar-refractivity contribution in [2.24, 2.45) is 5.73 Å².